The lowest BCUT2D eigenvalue weighted by Gasteiger charge is -2.26. The minimum Gasteiger partial charge on any atom is -0.352 e. The number of carbonyl (C=O) groups is 1. The molecule has 0 saturated heterocycles. The Morgan fingerprint density at radius 1 is 1.67 bits per heavy atom. The molecule has 0 spiro atoms. The minimum absolute atomic E-state index is 0.151. The second-order valence-electron chi connectivity index (χ2n) is 4.27. The lowest BCUT2D eigenvalue weighted by molar-refractivity contribution is -0.128. The summed E-state index contributed by atoms with van der Waals surface area (Å²) in [4.78, 5) is 11.6. The van der Waals surface area contributed by atoms with Crippen LogP contribution in [0.1, 0.15) is 26.2 Å². The first-order valence-electron chi connectivity index (χ1n) is 5.53. The quantitative estimate of drug-likeness (QED) is 0.806. The number of carbonyl (C=O) groups excluding carboxylic acids is 1. The average Bonchev–Trinajstić information content (AvgIpc) is 2.52. The van der Waals surface area contributed by atoms with Gasteiger partial charge in [0.05, 0.1) is 6.54 Å². The van der Waals surface area contributed by atoms with Crippen LogP contribution in [0.15, 0.2) is 18.5 Å². The molecule has 1 fully saturated rings. The first kappa shape index (κ1) is 10.2. The van der Waals surface area contributed by atoms with E-state index in [0.29, 0.717) is 0 Å². The van der Waals surface area contributed by atoms with Crippen LogP contribution in [0.4, 0.5) is 0 Å². The zero-order valence-corrected chi connectivity index (χ0v) is 9.02. The molecule has 82 valence electrons. The van der Waals surface area contributed by atoms with E-state index >= 15 is 0 Å². The van der Waals surface area contributed by atoms with E-state index in [1.807, 2.05) is 23.9 Å². The predicted molar refractivity (Wildman–Crippen MR) is 57.2 cm³/mol. The fourth-order valence-electron chi connectivity index (χ4n) is 1.77. The van der Waals surface area contributed by atoms with Gasteiger partial charge in [0.2, 0.25) is 5.91 Å². The molecule has 0 unspecified atom stereocenters. The van der Waals surface area contributed by atoms with Gasteiger partial charge in [0, 0.05) is 24.4 Å². The number of hydrogen-bond donors (Lipinski definition) is 1. The molecule has 0 radical (unpaired) electrons. The Kier molecular flexibility index (Phi) is 3.04. The molecular weight excluding hydrogens is 190 g/mol. The Morgan fingerprint density at radius 2 is 2.47 bits per heavy atom. The minimum atomic E-state index is 0.151. The van der Waals surface area contributed by atoms with Crippen LogP contribution in [0.2, 0.25) is 0 Å². The molecule has 1 aromatic heterocycles. The zero-order valence-electron chi connectivity index (χ0n) is 9.02. The van der Waals surface area contributed by atoms with Crippen molar-refractivity contribution >= 4 is 5.91 Å². The van der Waals surface area contributed by atoms with Crippen molar-refractivity contribution in [2.45, 2.75) is 38.8 Å². The normalized spacial score (nSPS) is 18.2. The van der Waals surface area contributed by atoms with Crippen LogP contribution in [0, 0.1) is 5.92 Å². The molecule has 0 aromatic carbocycles. The van der Waals surface area contributed by atoms with Gasteiger partial charge in [0.1, 0.15) is 0 Å². The van der Waals surface area contributed by atoms with E-state index in [-0.39, 0.29) is 17.9 Å². The van der Waals surface area contributed by atoms with Gasteiger partial charge in [0.25, 0.3) is 0 Å². The molecular formula is C11H17N3O. The van der Waals surface area contributed by atoms with Crippen LogP contribution in [0.3, 0.4) is 0 Å². The molecule has 15 heavy (non-hydrogen) atoms. The molecule has 0 bridgehead atoms. The smallest absolute Gasteiger partial charge is 0.223 e. The van der Waals surface area contributed by atoms with E-state index in [1.54, 1.807) is 6.20 Å². The summed E-state index contributed by atoms with van der Waals surface area (Å²) in [6, 6.07) is 2.04. The van der Waals surface area contributed by atoms with E-state index in [2.05, 4.69) is 10.4 Å². The van der Waals surface area contributed by atoms with Gasteiger partial charge < -0.3 is 5.32 Å². The molecule has 1 saturated carbocycles. The van der Waals surface area contributed by atoms with Gasteiger partial charge >= 0.3 is 0 Å². The molecule has 1 N–H and O–H groups in total. The molecule has 1 aromatic rings. The maximum absolute atomic E-state index is 11.6. The van der Waals surface area contributed by atoms with Crippen molar-refractivity contribution in [3.63, 3.8) is 0 Å². The molecule has 4 heteroatoms. The Labute approximate surface area is 89.7 Å². The van der Waals surface area contributed by atoms with Gasteiger partial charge in [-0.2, -0.15) is 5.10 Å². The number of rotatable bonds is 4. The average molecular weight is 207 g/mol. The van der Waals surface area contributed by atoms with Crippen LogP contribution in [-0.2, 0) is 11.3 Å². The van der Waals surface area contributed by atoms with Gasteiger partial charge in [-0.05, 0) is 25.8 Å². The maximum Gasteiger partial charge on any atom is 0.223 e. The third-order valence-corrected chi connectivity index (χ3v) is 2.88. The van der Waals surface area contributed by atoms with Gasteiger partial charge in [-0.3, -0.25) is 9.48 Å². The zero-order chi connectivity index (χ0) is 10.7. The van der Waals surface area contributed by atoms with Crippen molar-refractivity contribution in [2.75, 3.05) is 0 Å². The largest absolute Gasteiger partial charge is 0.352 e. The summed E-state index contributed by atoms with van der Waals surface area (Å²) >= 11 is 0. The fourth-order valence-corrected chi connectivity index (χ4v) is 1.77. The highest BCUT2D eigenvalue weighted by atomic mass is 16.2. The summed E-state index contributed by atoms with van der Waals surface area (Å²) in [5.41, 5.74) is 0. The lowest BCUT2D eigenvalue weighted by Crippen LogP contribution is -2.41. The summed E-state index contributed by atoms with van der Waals surface area (Å²) in [5, 5.41) is 7.13. The maximum atomic E-state index is 11.6. The number of amides is 1. The van der Waals surface area contributed by atoms with Gasteiger partial charge in [0.15, 0.2) is 0 Å². The van der Waals surface area contributed by atoms with Crippen LogP contribution >= 0.6 is 0 Å². The van der Waals surface area contributed by atoms with Crippen LogP contribution in [0.5, 0.6) is 0 Å². The molecule has 1 heterocycles. The molecule has 2 rings (SSSR count). The van der Waals surface area contributed by atoms with E-state index in [0.717, 1.165) is 19.4 Å². The van der Waals surface area contributed by atoms with E-state index in [4.69, 9.17) is 0 Å². The van der Waals surface area contributed by atoms with E-state index < -0.39 is 0 Å². The Hall–Kier alpha value is -1.32. The van der Waals surface area contributed by atoms with Crippen molar-refractivity contribution < 1.29 is 4.79 Å². The SMILES string of the molecule is C[C@@H](Cn1cccn1)NC(=O)C1CCC1. The van der Waals surface area contributed by atoms with Gasteiger partial charge in [-0.1, -0.05) is 6.42 Å². The van der Waals surface area contributed by atoms with Crippen molar-refractivity contribution in [3.05, 3.63) is 18.5 Å². The monoisotopic (exact) mass is 207 g/mol. The molecule has 1 aliphatic carbocycles. The van der Waals surface area contributed by atoms with Crippen LogP contribution in [0.25, 0.3) is 0 Å². The number of hydrogen-bond acceptors (Lipinski definition) is 2. The Morgan fingerprint density at radius 3 is 3.00 bits per heavy atom. The van der Waals surface area contributed by atoms with E-state index in [1.165, 1.54) is 6.42 Å². The standard InChI is InChI=1S/C11H17N3O/c1-9(8-14-7-3-6-12-14)13-11(15)10-4-2-5-10/h3,6-7,9-10H,2,4-5,8H2,1H3,(H,13,15)/t9-/m0/s1. The second kappa shape index (κ2) is 4.47. The summed E-state index contributed by atoms with van der Waals surface area (Å²) in [7, 11) is 0. The molecule has 0 aliphatic heterocycles. The first-order chi connectivity index (χ1) is 7.25. The highest BCUT2D eigenvalue weighted by molar-refractivity contribution is 5.79. The summed E-state index contributed by atoms with van der Waals surface area (Å²) in [6.07, 6.45) is 6.97. The predicted octanol–water partition coefficient (Wildman–Crippen LogP) is 1.19. The summed E-state index contributed by atoms with van der Waals surface area (Å²) in [5.74, 6) is 0.478. The summed E-state index contributed by atoms with van der Waals surface area (Å²) in [6.45, 7) is 2.75. The van der Waals surface area contributed by atoms with Crippen molar-refractivity contribution in [1.29, 1.82) is 0 Å². The second-order valence-corrected chi connectivity index (χ2v) is 4.27. The Balaban J connectivity index is 1.76. The molecule has 1 aliphatic rings. The third-order valence-electron chi connectivity index (χ3n) is 2.88. The molecule has 1 atom stereocenters. The van der Waals surface area contributed by atoms with Gasteiger partial charge in [-0.25, -0.2) is 0 Å². The number of nitrogens with zero attached hydrogens (tertiary/aromatic N) is 2. The fraction of sp³-hybridized carbons (Fsp3) is 0.636. The van der Waals surface area contributed by atoms with Crippen LogP contribution in [-0.4, -0.2) is 21.7 Å². The molecule has 1 amide bonds. The van der Waals surface area contributed by atoms with Crippen molar-refractivity contribution in [3.8, 4) is 0 Å². The van der Waals surface area contributed by atoms with Gasteiger partial charge in [-0.15, -0.1) is 0 Å². The highest BCUT2D eigenvalue weighted by Gasteiger charge is 2.25. The topological polar surface area (TPSA) is 46.9 Å². The highest BCUT2D eigenvalue weighted by Crippen LogP contribution is 2.26. The van der Waals surface area contributed by atoms with E-state index in [9.17, 15) is 4.79 Å². The van der Waals surface area contributed by atoms with Crippen molar-refractivity contribution in [2.24, 2.45) is 5.92 Å². The third kappa shape index (κ3) is 2.58. The van der Waals surface area contributed by atoms with Crippen molar-refractivity contribution in [1.82, 2.24) is 15.1 Å². The lowest BCUT2D eigenvalue weighted by atomic mass is 9.84. The summed E-state index contributed by atoms with van der Waals surface area (Å²) < 4.78 is 1.84. The number of nitrogens with one attached hydrogen (secondary N) is 1. The van der Waals surface area contributed by atoms with Crippen LogP contribution < -0.4 is 5.32 Å². The Bertz CT molecular complexity index is 317. The number of aromatic nitrogens is 2. The first-order valence-corrected chi connectivity index (χ1v) is 5.53. The molecule has 4 nitrogen and oxygen atoms in total.